The molecule has 1 amide bonds. The van der Waals surface area contributed by atoms with Crippen LogP contribution in [0.25, 0.3) is 11.0 Å². The van der Waals surface area contributed by atoms with Gasteiger partial charge in [-0.1, -0.05) is 45.0 Å². The van der Waals surface area contributed by atoms with Crippen LogP contribution in [0.4, 0.5) is 18.9 Å². The molecule has 5 rings (SSSR count). The fourth-order valence-corrected chi connectivity index (χ4v) is 5.62. The molecule has 2 aromatic carbocycles. The van der Waals surface area contributed by atoms with Crippen LogP contribution in [0.1, 0.15) is 50.6 Å². The lowest BCUT2D eigenvalue weighted by Gasteiger charge is -2.39. The van der Waals surface area contributed by atoms with E-state index in [0.717, 1.165) is 17.3 Å². The quantitative estimate of drug-likeness (QED) is 0.580. The second-order valence-electron chi connectivity index (χ2n) is 9.27. The van der Waals surface area contributed by atoms with Crippen molar-refractivity contribution in [2.45, 2.75) is 50.6 Å². The van der Waals surface area contributed by atoms with Crippen LogP contribution < -0.4 is 5.32 Å². The Morgan fingerprint density at radius 3 is 2.13 bits per heavy atom. The normalized spacial score (nSPS) is 26.1. The highest BCUT2D eigenvalue weighted by molar-refractivity contribution is 6.02. The van der Waals surface area contributed by atoms with Crippen LogP contribution in [-0.4, -0.2) is 15.9 Å². The zero-order valence-electron chi connectivity index (χ0n) is 17.5. The standard InChI is InChI=1S/C24H22F3N3O/c1-21(2)22(3)12-13-23(21,19-18(22)28-16-10-6-7-11-17(16)29-19)20(31)30-15-9-5-4-8-14(15)24(25,26)27/h4-11H,12-13H2,1-3H3,(H,30,31). The molecule has 2 aliphatic carbocycles. The lowest BCUT2D eigenvalue weighted by molar-refractivity contribution is -0.137. The maximum absolute atomic E-state index is 13.8. The second-order valence-corrected chi connectivity index (χ2v) is 9.27. The molecule has 1 saturated carbocycles. The van der Waals surface area contributed by atoms with Crippen molar-refractivity contribution in [1.29, 1.82) is 0 Å². The highest BCUT2D eigenvalue weighted by Gasteiger charge is 2.73. The summed E-state index contributed by atoms with van der Waals surface area (Å²) in [7, 11) is 0. The third kappa shape index (κ3) is 2.40. The van der Waals surface area contributed by atoms with Gasteiger partial charge >= 0.3 is 6.18 Å². The summed E-state index contributed by atoms with van der Waals surface area (Å²) in [4.78, 5) is 23.5. The molecule has 3 aromatic rings. The van der Waals surface area contributed by atoms with E-state index in [1.807, 2.05) is 38.1 Å². The van der Waals surface area contributed by atoms with Gasteiger partial charge in [-0.3, -0.25) is 4.79 Å². The summed E-state index contributed by atoms with van der Waals surface area (Å²) in [6.07, 6.45) is -3.34. The minimum absolute atomic E-state index is 0.235. The number of carbonyl (C=O) groups is 1. The number of rotatable bonds is 2. The summed E-state index contributed by atoms with van der Waals surface area (Å²) in [5, 5.41) is 2.61. The Morgan fingerprint density at radius 1 is 0.903 bits per heavy atom. The summed E-state index contributed by atoms with van der Waals surface area (Å²) in [6.45, 7) is 6.09. The number of alkyl halides is 3. The number of halogens is 3. The van der Waals surface area contributed by atoms with Gasteiger partial charge in [0, 0.05) is 5.41 Å². The number of para-hydroxylation sites is 3. The number of aromatic nitrogens is 2. The zero-order chi connectivity index (χ0) is 22.2. The van der Waals surface area contributed by atoms with Gasteiger partial charge in [0.15, 0.2) is 0 Å². The van der Waals surface area contributed by atoms with Gasteiger partial charge in [0.2, 0.25) is 5.91 Å². The molecule has 0 saturated heterocycles. The molecule has 31 heavy (non-hydrogen) atoms. The average molecular weight is 425 g/mol. The smallest absolute Gasteiger partial charge is 0.325 e. The molecule has 7 heteroatoms. The molecule has 1 N–H and O–H groups in total. The van der Waals surface area contributed by atoms with Crippen molar-refractivity contribution < 1.29 is 18.0 Å². The number of fused-ring (bicyclic) bond motifs is 6. The molecule has 0 spiro atoms. The zero-order valence-corrected chi connectivity index (χ0v) is 17.5. The SMILES string of the molecule is CC12CCC(C(=O)Nc3ccccc3C(F)(F)F)(c3nc4ccccc4nc31)C2(C)C. The van der Waals surface area contributed by atoms with Crippen molar-refractivity contribution >= 4 is 22.6 Å². The van der Waals surface area contributed by atoms with E-state index in [0.29, 0.717) is 24.1 Å². The van der Waals surface area contributed by atoms with Gasteiger partial charge in [-0.05, 0) is 42.5 Å². The minimum Gasteiger partial charge on any atom is -0.325 e. The molecule has 160 valence electrons. The maximum Gasteiger partial charge on any atom is 0.418 e. The van der Waals surface area contributed by atoms with Gasteiger partial charge < -0.3 is 5.32 Å². The van der Waals surface area contributed by atoms with Gasteiger partial charge in [-0.25, -0.2) is 9.97 Å². The van der Waals surface area contributed by atoms with E-state index in [1.54, 1.807) is 0 Å². The van der Waals surface area contributed by atoms with Gasteiger partial charge in [-0.15, -0.1) is 0 Å². The van der Waals surface area contributed by atoms with Crippen LogP contribution >= 0.6 is 0 Å². The van der Waals surface area contributed by atoms with E-state index in [9.17, 15) is 18.0 Å². The van der Waals surface area contributed by atoms with Gasteiger partial charge in [0.1, 0.15) is 0 Å². The van der Waals surface area contributed by atoms with Gasteiger partial charge in [0.25, 0.3) is 0 Å². The fraction of sp³-hybridized carbons (Fsp3) is 0.375. The summed E-state index contributed by atoms with van der Waals surface area (Å²) in [5.74, 6) is -0.457. The Morgan fingerprint density at radius 2 is 1.48 bits per heavy atom. The molecular weight excluding hydrogens is 403 g/mol. The number of benzene rings is 2. The summed E-state index contributed by atoms with van der Waals surface area (Å²) in [5.41, 5.74) is -0.333. The molecule has 2 unspecified atom stereocenters. The van der Waals surface area contributed by atoms with Crippen molar-refractivity contribution in [2.75, 3.05) is 5.32 Å². The molecule has 2 bridgehead atoms. The molecule has 0 radical (unpaired) electrons. The number of amides is 1. The summed E-state index contributed by atoms with van der Waals surface area (Å²) >= 11 is 0. The monoisotopic (exact) mass is 425 g/mol. The lowest BCUT2D eigenvalue weighted by atomic mass is 9.63. The molecule has 4 nitrogen and oxygen atoms in total. The van der Waals surface area contributed by atoms with Gasteiger partial charge in [-0.2, -0.15) is 13.2 Å². The van der Waals surface area contributed by atoms with Crippen molar-refractivity contribution in [3.63, 3.8) is 0 Å². The first-order valence-electron chi connectivity index (χ1n) is 10.3. The maximum atomic E-state index is 13.8. The molecule has 2 aliphatic rings. The number of carbonyl (C=O) groups excluding carboxylic acids is 1. The van der Waals surface area contributed by atoms with Crippen molar-refractivity contribution in [2.24, 2.45) is 5.41 Å². The Balaban J connectivity index is 1.68. The van der Waals surface area contributed by atoms with Gasteiger partial charge in [0.05, 0.1) is 39.1 Å². The van der Waals surface area contributed by atoms with Crippen LogP contribution in [0.5, 0.6) is 0 Å². The summed E-state index contributed by atoms with van der Waals surface area (Å²) < 4.78 is 40.5. The Kier molecular flexibility index (Phi) is 3.90. The van der Waals surface area contributed by atoms with E-state index < -0.39 is 33.9 Å². The van der Waals surface area contributed by atoms with E-state index in [1.165, 1.54) is 18.2 Å². The predicted octanol–water partition coefficient (Wildman–Crippen LogP) is 5.62. The number of nitrogens with one attached hydrogen (secondary N) is 1. The predicted molar refractivity (Wildman–Crippen MR) is 112 cm³/mol. The molecular formula is C24H22F3N3O. The highest BCUT2D eigenvalue weighted by atomic mass is 19.4. The first-order chi connectivity index (χ1) is 14.5. The van der Waals surface area contributed by atoms with Crippen LogP contribution in [0.3, 0.4) is 0 Å². The topological polar surface area (TPSA) is 54.9 Å². The molecule has 1 fully saturated rings. The minimum atomic E-state index is -4.56. The second kappa shape index (κ2) is 6.05. The van der Waals surface area contributed by atoms with E-state index >= 15 is 0 Å². The van der Waals surface area contributed by atoms with Crippen LogP contribution in [-0.2, 0) is 21.8 Å². The van der Waals surface area contributed by atoms with E-state index in [2.05, 4.69) is 12.2 Å². The van der Waals surface area contributed by atoms with Crippen molar-refractivity contribution in [1.82, 2.24) is 9.97 Å². The molecule has 1 aromatic heterocycles. The average Bonchev–Trinajstić information content (AvgIpc) is 3.01. The molecule has 1 heterocycles. The third-order valence-electron chi connectivity index (χ3n) is 7.81. The number of nitrogens with zero attached hydrogens (tertiary/aromatic N) is 2. The largest absolute Gasteiger partial charge is 0.418 e. The van der Waals surface area contributed by atoms with Crippen LogP contribution in [0, 0.1) is 5.41 Å². The van der Waals surface area contributed by atoms with Crippen molar-refractivity contribution in [3.05, 3.63) is 65.5 Å². The Hall–Kier alpha value is -2.96. The van der Waals surface area contributed by atoms with Crippen LogP contribution in [0.2, 0.25) is 0 Å². The first kappa shape index (κ1) is 20.0. The lowest BCUT2D eigenvalue weighted by Crippen LogP contribution is -2.48. The number of hydrogen-bond donors (Lipinski definition) is 1. The number of hydrogen-bond acceptors (Lipinski definition) is 3. The third-order valence-corrected chi connectivity index (χ3v) is 7.81. The number of anilines is 1. The van der Waals surface area contributed by atoms with E-state index in [-0.39, 0.29) is 5.69 Å². The highest BCUT2D eigenvalue weighted by Crippen LogP contribution is 2.70. The Bertz CT molecular complexity index is 1240. The van der Waals surface area contributed by atoms with E-state index in [4.69, 9.17) is 9.97 Å². The first-order valence-corrected chi connectivity index (χ1v) is 10.3. The summed E-state index contributed by atoms with van der Waals surface area (Å²) in [6, 6.07) is 12.5. The molecule has 2 atom stereocenters. The molecule has 0 aliphatic heterocycles. The van der Waals surface area contributed by atoms with Crippen molar-refractivity contribution in [3.8, 4) is 0 Å². The Labute approximate surface area is 177 Å². The fourth-order valence-electron chi connectivity index (χ4n) is 5.62. The van der Waals surface area contributed by atoms with Crippen LogP contribution in [0.15, 0.2) is 48.5 Å².